The molecular weight excluding hydrogens is 382 g/mol. The number of sulfone groups is 1. The highest BCUT2D eigenvalue weighted by molar-refractivity contribution is 7.92. The highest BCUT2D eigenvalue weighted by Gasteiger charge is 2.24. The Hall–Kier alpha value is -2.97. The molecule has 2 heterocycles. The minimum absolute atomic E-state index is 0.118. The molecule has 0 bridgehead atoms. The number of hydrogen-bond donors (Lipinski definition) is 2. The maximum absolute atomic E-state index is 12.8. The summed E-state index contributed by atoms with van der Waals surface area (Å²) in [4.78, 5) is 2.29. The summed E-state index contributed by atoms with van der Waals surface area (Å²) < 4.78 is 30.9. The van der Waals surface area contributed by atoms with Gasteiger partial charge >= 0.3 is 0 Å². The number of aromatic amines is 1. The van der Waals surface area contributed by atoms with Crippen molar-refractivity contribution in [3.63, 3.8) is 0 Å². The van der Waals surface area contributed by atoms with E-state index in [0.29, 0.717) is 18.9 Å². The van der Waals surface area contributed by atoms with Crippen LogP contribution in [-0.4, -0.2) is 60.6 Å². The normalized spacial score (nSPS) is 15.5. The van der Waals surface area contributed by atoms with Crippen molar-refractivity contribution in [1.29, 1.82) is 5.26 Å². The van der Waals surface area contributed by atoms with E-state index >= 15 is 0 Å². The lowest BCUT2D eigenvalue weighted by atomic mass is 10.2. The smallest absolute Gasteiger partial charge is 0.216 e. The predicted octanol–water partition coefficient (Wildman–Crippen LogP) is 1.19. The SMILES string of the molecule is CC(C)S(=O)(=O)c1ccc(N2CCOCC2)cc1NC=C(C#N)c1nn[nH]n1. The molecule has 2 aromatic rings. The van der Waals surface area contributed by atoms with Gasteiger partial charge in [-0.05, 0) is 37.3 Å². The Labute approximate surface area is 163 Å². The van der Waals surface area contributed by atoms with Crippen LogP contribution in [-0.2, 0) is 14.6 Å². The fourth-order valence-electron chi connectivity index (χ4n) is 2.72. The van der Waals surface area contributed by atoms with Gasteiger partial charge in [-0.1, -0.05) is 0 Å². The molecule has 0 spiro atoms. The summed E-state index contributed by atoms with van der Waals surface area (Å²) in [5.41, 5.74) is 1.38. The fourth-order valence-corrected chi connectivity index (χ4v) is 3.91. The van der Waals surface area contributed by atoms with Crippen LogP contribution in [0, 0.1) is 11.3 Å². The van der Waals surface area contributed by atoms with E-state index in [4.69, 9.17) is 4.74 Å². The van der Waals surface area contributed by atoms with Crippen molar-refractivity contribution in [3.05, 3.63) is 30.2 Å². The topological polar surface area (TPSA) is 137 Å². The zero-order chi connectivity index (χ0) is 20.1. The largest absolute Gasteiger partial charge is 0.378 e. The average Bonchev–Trinajstić information content (AvgIpc) is 3.23. The van der Waals surface area contributed by atoms with Gasteiger partial charge in [0.2, 0.25) is 5.82 Å². The average molecular weight is 403 g/mol. The summed E-state index contributed by atoms with van der Waals surface area (Å²) in [6, 6.07) is 7.12. The Balaban J connectivity index is 2.01. The van der Waals surface area contributed by atoms with E-state index in [1.807, 2.05) is 6.07 Å². The van der Waals surface area contributed by atoms with E-state index in [-0.39, 0.29) is 16.3 Å². The van der Waals surface area contributed by atoms with Crippen molar-refractivity contribution >= 4 is 26.8 Å². The van der Waals surface area contributed by atoms with Crippen molar-refractivity contribution in [1.82, 2.24) is 20.6 Å². The molecule has 10 nitrogen and oxygen atoms in total. The van der Waals surface area contributed by atoms with E-state index in [0.717, 1.165) is 18.8 Å². The van der Waals surface area contributed by atoms with Crippen LogP contribution in [0.3, 0.4) is 0 Å². The minimum Gasteiger partial charge on any atom is -0.378 e. The molecule has 1 aromatic heterocycles. The lowest BCUT2D eigenvalue weighted by molar-refractivity contribution is 0.122. The van der Waals surface area contributed by atoms with Gasteiger partial charge in [0.1, 0.15) is 11.6 Å². The first kappa shape index (κ1) is 19.8. The van der Waals surface area contributed by atoms with E-state index in [2.05, 4.69) is 30.8 Å². The zero-order valence-electron chi connectivity index (χ0n) is 15.6. The number of tetrazole rings is 1. The summed E-state index contributed by atoms with van der Waals surface area (Å²) in [5.74, 6) is 0.118. The molecule has 1 aliphatic rings. The number of allylic oxidation sites excluding steroid dienone is 1. The van der Waals surface area contributed by atoms with Crippen molar-refractivity contribution in [3.8, 4) is 6.07 Å². The number of nitrogens with one attached hydrogen (secondary N) is 2. The van der Waals surface area contributed by atoms with Gasteiger partial charge < -0.3 is 15.0 Å². The molecule has 148 valence electrons. The number of hydrogen-bond acceptors (Lipinski definition) is 9. The third-order valence-electron chi connectivity index (χ3n) is 4.35. The third-order valence-corrected chi connectivity index (χ3v) is 6.56. The lowest BCUT2D eigenvalue weighted by Crippen LogP contribution is -2.36. The molecule has 1 aromatic carbocycles. The first-order valence-corrected chi connectivity index (χ1v) is 10.3. The number of H-pyrrole nitrogens is 1. The van der Waals surface area contributed by atoms with E-state index in [1.54, 1.807) is 32.0 Å². The number of morpholine rings is 1. The second kappa shape index (κ2) is 8.37. The summed E-state index contributed by atoms with van der Waals surface area (Å²) >= 11 is 0. The number of ether oxygens (including phenoxy) is 1. The van der Waals surface area contributed by atoms with Gasteiger partial charge in [0.15, 0.2) is 9.84 Å². The maximum Gasteiger partial charge on any atom is 0.216 e. The molecule has 1 saturated heterocycles. The van der Waals surface area contributed by atoms with Crippen LogP contribution >= 0.6 is 0 Å². The Morgan fingerprint density at radius 2 is 2.14 bits per heavy atom. The van der Waals surface area contributed by atoms with E-state index in [1.165, 1.54) is 6.20 Å². The standard InChI is InChI=1S/C17H21N7O3S/c1-12(2)28(25,26)16-4-3-14(24-5-7-27-8-6-24)9-15(16)19-11-13(10-18)17-20-22-23-21-17/h3-4,9,11-12,19H,5-8H2,1-2H3,(H,20,21,22,23). The molecule has 0 atom stereocenters. The number of rotatable bonds is 6. The van der Waals surface area contributed by atoms with Crippen molar-refractivity contribution in [2.24, 2.45) is 0 Å². The Bertz CT molecular complexity index is 988. The number of aromatic nitrogens is 4. The van der Waals surface area contributed by atoms with Gasteiger partial charge in [-0.15, -0.1) is 10.2 Å². The number of anilines is 2. The second-order valence-electron chi connectivity index (χ2n) is 6.42. The molecule has 0 aliphatic carbocycles. The monoisotopic (exact) mass is 403 g/mol. The molecule has 0 saturated carbocycles. The van der Waals surface area contributed by atoms with Crippen LogP contribution in [0.25, 0.3) is 5.57 Å². The van der Waals surface area contributed by atoms with Gasteiger partial charge in [-0.3, -0.25) is 0 Å². The molecule has 1 fully saturated rings. The van der Waals surface area contributed by atoms with Gasteiger partial charge in [0.25, 0.3) is 0 Å². The number of nitrogens with zero attached hydrogens (tertiary/aromatic N) is 5. The van der Waals surface area contributed by atoms with E-state index in [9.17, 15) is 13.7 Å². The molecule has 3 rings (SSSR count). The van der Waals surface area contributed by atoms with Crippen LogP contribution in [0.2, 0.25) is 0 Å². The van der Waals surface area contributed by atoms with Crippen LogP contribution in [0.5, 0.6) is 0 Å². The summed E-state index contributed by atoms with van der Waals surface area (Å²) in [6.45, 7) is 5.93. The molecular formula is C17H21N7O3S. The third kappa shape index (κ3) is 4.13. The Morgan fingerprint density at radius 1 is 1.39 bits per heavy atom. The number of nitriles is 1. The van der Waals surface area contributed by atoms with Gasteiger partial charge in [-0.25, -0.2) is 8.42 Å². The molecule has 0 amide bonds. The quantitative estimate of drug-likeness (QED) is 0.681. The van der Waals surface area contributed by atoms with Crippen LogP contribution in [0.15, 0.2) is 29.3 Å². The highest BCUT2D eigenvalue weighted by atomic mass is 32.2. The minimum atomic E-state index is -3.53. The molecule has 11 heteroatoms. The Kier molecular flexibility index (Phi) is 5.91. The van der Waals surface area contributed by atoms with Gasteiger partial charge in [0, 0.05) is 25.0 Å². The summed E-state index contributed by atoms with van der Waals surface area (Å²) in [7, 11) is -3.53. The van der Waals surface area contributed by atoms with Gasteiger partial charge in [-0.2, -0.15) is 10.5 Å². The first-order chi connectivity index (χ1) is 13.4. The number of benzene rings is 1. The van der Waals surface area contributed by atoms with Crippen LogP contribution in [0.1, 0.15) is 19.7 Å². The summed E-state index contributed by atoms with van der Waals surface area (Å²) in [5, 5.41) is 25.0. The molecule has 0 unspecified atom stereocenters. The van der Waals surface area contributed by atoms with Gasteiger partial charge in [0.05, 0.1) is 29.0 Å². The highest BCUT2D eigenvalue weighted by Crippen LogP contribution is 2.30. The Morgan fingerprint density at radius 3 is 2.75 bits per heavy atom. The maximum atomic E-state index is 12.8. The first-order valence-electron chi connectivity index (χ1n) is 8.74. The van der Waals surface area contributed by atoms with Crippen molar-refractivity contribution in [2.75, 3.05) is 36.5 Å². The van der Waals surface area contributed by atoms with Crippen LogP contribution in [0.4, 0.5) is 11.4 Å². The molecule has 2 N–H and O–H groups in total. The molecule has 1 aliphatic heterocycles. The molecule has 28 heavy (non-hydrogen) atoms. The summed E-state index contributed by atoms with van der Waals surface area (Å²) in [6.07, 6.45) is 1.38. The van der Waals surface area contributed by atoms with Crippen LogP contribution < -0.4 is 10.2 Å². The fraction of sp³-hybridized carbons (Fsp3) is 0.412. The zero-order valence-corrected chi connectivity index (χ0v) is 16.4. The van der Waals surface area contributed by atoms with Crippen molar-refractivity contribution in [2.45, 2.75) is 24.0 Å². The lowest BCUT2D eigenvalue weighted by Gasteiger charge is -2.29. The predicted molar refractivity (Wildman–Crippen MR) is 103 cm³/mol. The second-order valence-corrected chi connectivity index (χ2v) is 8.90. The van der Waals surface area contributed by atoms with E-state index < -0.39 is 15.1 Å². The molecule has 0 radical (unpaired) electrons. The van der Waals surface area contributed by atoms with Crippen molar-refractivity contribution < 1.29 is 13.2 Å².